The summed E-state index contributed by atoms with van der Waals surface area (Å²) in [6, 6.07) is 18.6. The second-order valence-corrected chi connectivity index (χ2v) is 6.47. The van der Waals surface area contributed by atoms with E-state index in [9.17, 15) is 0 Å². The Morgan fingerprint density at radius 2 is 1.85 bits per heavy atom. The molecule has 1 aliphatic heterocycles. The zero-order chi connectivity index (χ0) is 17.9. The average Bonchev–Trinajstić information content (AvgIpc) is 3.09. The predicted octanol–water partition coefficient (Wildman–Crippen LogP) is 5.18. The van der Waals surface area contributed by atoms with Crippen LogP contribution in [0.2, 0.25) is 0 Å². The summed E-state index contributed by atoms with van der Waals surface area (Å²) in [5.41, 5.74) is 5.88. The molecule has 1 unspecified atom stereocenters. The molecular formula is C23H21NO2. The number of hydrogen-bond donors (Lipinski definition) is 0. The minimum Gasteiger partial charge on any atom is -0.493 e. The summed E-state index contributed by atoms with van der Waals surface area (Å²) in [5, 5.41) is 0. The smallest absolute Gasteiger partial charge is 0.165 e. The highest BCUT2D eigenvalue weighted by Crippen LogP contribution is 2.46. The van der Waals surface area contributed by atoms with E-state index in [1.165, 1.54) is 22.3 Å². The van der Waals surface area contributed by atoms with E-state index in [0.29, 0.717) is 12.5 Å². The molecule has 0 saturated heterocycles. The maximum Gasteiger partial charge on any atom is 0.165 e. The molecule has 0 bridgehead atoms. The van der Waals surface area contributed by atoms with E-state index in [2.05, 4.69) is 48.3 Å². The van der Waals surface area contributed by atoms with Gasteiger partial charge in [-0.3, -0.25) is 4.98 Å². The number of benzene rings is 2. The van der Waals surface area contributed by atoms with E-state index in [-0.39, 0.29) is 0 Å². The van der Waals surface area contributed by atoms with Crippen LogP contribution in [0.25, 0.3) is 11.6 Å². The van der Waals surface area contributed by atoms with Gasteiger partial charge in [-0.2, -0.15) is 0 Å². The predicted molar refractivity (Wildman–Crippen MR) is 105 cm³/mol. The van der Waals surface area contributed by atoms with E-state index in [1.54, 1.807) is 7.11 Å². The first kappa shape index (κ1) is 16.4. The van der Waals surface area contributed by atoms with Crippen LogP contribution in [0.5, 0.6) is 11.5 Å². The lowest BCUT2D eigenvalue weighted by molar-refractivity contribution is 0.314. The number of methoxy groups -OCH3 is 1. The summed E-state index contributed by atoms with van der Waals surface area (Å²) in [6.45, 7) is 2.88. The van der Waals surface area contributed by atoms with Gasteiger partial charge in [0.2, 0.25) is 0 Å². The Bertz CT molecular complexity index is 933. The van der Waals surface area contributed by atoms with Crippen molar-refractivity contribution in [2.24, 2.45) is 0 Å². The third-order valence-corrected chi connectivity index (χ3v) is 4.74. The lowest BCUT2D eigenvalue weighted by atomic mass is 9.88. The van der Waals surface area contributed by atoms with Crippen LogP contribution in [-0.2, 0) is 0 Å². The summed E-state index contributed by atoms with van der Waals surface area (Å²) in [7, 11) is 1.69. The lowest BCUT2D eigenvalue weighted by Crippen LogP contribution is -1.98. The molecule has 3 aromatic rings. The van der Waals surface area contributed by atoms with Crippen molar-refractivity contribution >= 4 is 11.6 Å². The van der Waals surface area contributed by atoms with E-state index in [1.807, 2.05) is 36.7 Å². The quantitative estimate of drug-likeness (QED) is 0.654. The number of pyridine rings is 1. The largest absolute Gasteiger partial charge is 0.493 e. The molecule has 1 aromatic heterocycles. The van der Waals surface area contributed by atoms with E-state index >= 15 is 0 Å². The van der Waals surface area contributed by atoms with Crippen molar-refractivity contribution in [1.29, 1.82) is 0 Å². The number of hydrogen-bond acceptors (Lipinski definition) is 3. The second-order valence-electron chi connectivity index (χ2n) is 6.47. The van der Waals surface area contributed by atoms with E-state index < -0.39 is 0 Å². The number of nitrogens with zero attached hydrogens (tertiary/aromatic N) is 1. The Hall–Kier alpha value is -3.07. The Balaban J connectivity index is 1.94. The number of aromatic nitrogens is 1. The van der Waals surface area contributed by atoms with Gasteiger partial charge in [0.05, 0.1) is 13.7 Å². The van der Waals surface area contributed by atoms with Crippen molar-refractivity contribution < 1.29 is 9.47 Å². The summed E-state index contributed by atoms with van der Waals surface area (Å²) in [6.07, 6.45) is 5.85. The van der Waals surface area contributed by atoms with Gasteiger partial charge in [0.25, 0.3) is 0 Å². The van der Waals surface area contributed by atoms with Crippen LogP contribution >= 0.6 is 0 Å². The fourth-order valence-electron chi connectivity index (χ4n) is 3.47. The average molecular weight is 343 g/mol. The minimum absolute atomic E-state index is 0.319. The molecule has 2 heterocycles. The van der Waals surface area contributed by atoms with Crippen LogP contribution in [-0.4, -0.2) is 18.7 Å². The van der Waals surface area contributed by atoms with Gasteiger partial charge in [-0.25, -0.2) is 0 Å². The monoisotopic (exact) mass is 343 g/mol. The van der Waals surface area contributed by atoms with Crippen molar-refractivity contribution in [2.75, 3.05) is 13.7 Å². The fraction of sp³-hybridized carbons (Fsp3) is 0.174. The summed E-state index contributed by atoms with van der Waals surface area (Å²) >= 11 is 0. The van der Waals surface area contributed by atoms with Crippen molar-refractivity contribution in [1.82, 2.24) is 4.98 Å². The van der Waals surface area contributed by atoms with Crippen molar-refractivity contribution in [3.63, 3.8) is 0 Å². The first-order valence-electron chi connectivity index (χ1n) is 8.79. The van der Waals surface area contributed by atoms with Crippen LogP contribution in [0.3, 0.4) is 0 Å². The summed E-state index contributed by atoms with van der Waals surface area (Å²) in [4.78, 5) is 4.12. The van der Waals surface area contributed by atoms with Gasteiger partial charge in [-0.05, 0) is 46.5 Å². The molecule has 0 spiro atoms. The van der Waals surface area contributed by atoms with Crippen molar-refractivity contribution in [3.05, 3.63) is 89.2 Å². The second kappa shape index (κ2) is 7.04. The van der Waals surface area contributed by atoms with Crippen LogP contribution in [0, 0.1) is 0 Å². The maximum absolute atomic E-state index is 5.95. The molecule has 0 saturated carbocycles. The van der Waals surface area contributed by atoms with Crippen molar-refractivity contribution in [3.8, 4) is 11.5 Å². The maximum atomic E-state index is 5.95. The first-order chi connectivity index (χ1) is 12.8. The topological polar surface area (TPSA) is 31.4 Å². The number of ether oxygens (including phenoxy) is 2. The third kappa shape index (κ3) is 2.97. The summed E-state index contributed by atoms with van der Waals surface area (Å²) in [5.74, 6) is 1.98. The Labute approximate surface area is 153 Å². The lowest BCUT2D eigenvalue weighted by Gasteiger charge is -2.16. The van der Waals surface area contributed by atoms with Crippen molar-refractivity contribution in [2.45, 2.75) is 12.8 Å². The van der Waals surface area contributed by atoms with Gasteiger partial charge in [0, 0.05) is 23.9 Å². The normalized spacial score (nSPS) is 16.1. The zero-order valence-corrected chi connectivity index (χ0v) is 15.0. The molecule has 1 aliphatic rings. The van der Waals surface area contributed by atoms with Gasteiger partial charge in [-0.1, -0.05) is 43.3 Å². The molecule has 0 N–H and O–H groups in total. The molecule has 0 amide bonds. The van der Waals surface area contributed by atoms with Crippen LogP contribution < -0.4 is 9.47 Å². The Morgan fingerprint density at radius 1 is 1.08 bits per heavy atom. The molecule has 3 heteroatoms. The fourth-order valence-corrected chi connectivity index (χ4v) is 3.47. The van der Waals surface area contributed by atoms with Gasteiger partial charge >= 0.3 is 0 Å². The highest BCUT2D eigenvalue weighted by molar-refractivity contribution is 5.93. The minimum atomic E-state index is 0.319. The molecule has 0 aliphatic carbocycles. The molecule has 2 aromatic carbocycles. The molecule has 3 nitrogen and oxygen atoms in total. The molecule has 26 heavy (non-hydrogen) atoms. The van der Waals surface area contributed by atoms with Crippen LogP contribution in [0.1, 0.15) is 35.1 Å². The standard InChI is InChI=1S/C23H21NO2/c1-16-15-26-23-21(25-2)9-8-19(22(16)23)20(18-6-4-3-5-7-18)14-17-10-12-24-13-11-17/h3-14,16H,15H2,1-2H3/b20-14-. The SMILES string of the molecule is COc1ccc(/C(=C\c2ccncc2)c2ccccc2)c2c1OCC2C. The number of rotatable bonds is 4. The number of fused-ring (bicyclic) bond motifs is 1. The molecular weight excluding hydrogens is 322 g/mol. The van der Waals surface area contributed by atoms with Crippen LogP contribution in [0.4, 0.5) is 0 Å². The Morgan fingerprint density at radius 3 is 2.58 bits per heavy atom. The Kier molecular flexibility index (Phi) is 4.44. The van der Waals surface area contributed by atoms with E-state index in [4.69, 9.17) is 9.47 Å². The van der Waals surface area contributed by atoms with Gasteiger partial charge in [0.1, 0.15) is 0 Å². The molecule has 130 valence electrons. The third-order valence-electron chi connectivity index (χ3n) is 4.74. The highest BCUT2D eigenvalue weighted by atomic mass is 16.5. The molecule has 0 fully saturated rings. The van der Waals surface area contributed by atoms with Gasteiger partial charge in [-0.15, -0.1) is 0 Å². The van der Waals surface area contributed by atoms with E-state index in [0.717, 1.165) is 17.1 Å². The van der Waals surface area contributed by atoms with Crippen LogP contribution in [0.15, 0.2) is 67.0 Å². The molecule has 1 atom stereocenters. The zero-order valence-electron chi connectivity index (χ0n) is 15.0. The van der Waals surface area contributed by atoms with Gasteiger partial charge in [0.15, 0.2) is 11.5 Å². The van der Waals surface area contributed by atoms with Gasteiger partial charge < -0.3 is 9.47 Å². The summed E-state index contributed by atoms with van der Waals surface area (Å²) < 4.78 is 11.5. The highest BCUT2D eigenvalue weighted by Gasteiger charge is 2.28. The first-order valence-corrected chi connectivity index (χ1v) is 8.79. The molecule has 0 radical (unpaired) electrons. The molecule has 4 rings (SSSR count).